The number of hydrogen-bond donors (Lipinski definition) is 2. The lowest BCUT2D eigenvalue weighted by Gasteiger charge is -2.28. The molecule has 1 saturated heterocycles. The second kappa shape index (κ2) is 8.88. The third kappa shape index (κ3) is 4.18. The number of carbonyl (C=O) groups excluding carboxylic acids is 2. The van der Waals surface area contributed by atoms with Gasteiger partial charge in [0.25, 0.3) is 0 Å². The van der Waals surface area contributed by atoms with Crippen molar-refractivity contribution in [3.63, 3.8) is 0 Å². The van der Waals surface area contributed by atoms with Gasteiger partial charge in [-0.15, -0.1) is 0 Å². The second-order valence-corrected chi connectivity index (χ2v) is 9.56. The molecule has 31 heavy (non-hydrogen) atoms. The van der Waals surface area contributed by atoms with Gasteiger partial charge in [-0.1, -0.05) is 66.7 Å². The van der Waals surface area contributed by atoms with Gasteiger partial charge in [0.05, 0.1) is 5.78 Å². The maximum absolute atomic E-state index is 12.7. The molecular formula is C24H23N2O4P. The van der Waals surface area contributed by atoms with Gasteiger partial charge in [0.1, 0.15) is 17.3 Å². The predicted molar refractivity (Wildman–Crippen MR) is 120 cm³/mol. The number of para-hydroxylation sites is 2. The number of aromatic hydroxyl groups is 1. The van der Waals surface area contributed by atoms with Gasteiger partial charge in [0.2, 0.25) is 5.91 Å². The van der Waals surface area contributed by atoms with Crippen molar-refractivity contribution < 1.29 is 19.4 Å². The van der Waals surface area contributed by atoms with Gasteiger partial charge in [-0.25, -0.2) is 5.43 Å². The molecule has 1 aliphatic heterocycles. The van der Waals surface area contributed by atoms with E-state index in [0.29, 0.717) is 11.3 Å². The average molecular weight is 434 g/mol. The standard InChI is InChI=1S/C24H23N2O4P/c1-16(27)26-24(19-12-6-8-14-21(19)29)31(18-10-4-3-5-11-18)23(25-26)20-13-7-9-15-22(20)30-17(2)28/h3-15,23-25,29H,1-2H3/t23-,24-,31-/m0/s1. The summed E-state index contributed by atoms with van der Waals surface area (Å²) in [6, 6.07) is 24.4. The quantitative estimate of drug-likeness (QED) is 0.366. The van der Waals surface area contributed by atoms with E-state index in [-0.39, 0.29) is 17.4 Å². The number of esters is 1. The van der Waals surface area contributed by atoms with Gasteiger partial charge in [-0.05, 0) is 25.4 Å². The molecule has 0 spiro atoms. The van der Waals surface area contributed by atoms with Crippen LogP contribution in [0.2, 0.25) is 0 Å². The van der Waals surface area contributed by atoms with Crippen molar-refractivity contribution in [3.05, 3.63) is 90.0 Å². The number of ether oxygens (including phenoxy) is 1. The fourth-order valence-electron chi connectivity index (χ4n) is 3.85. The van der Waals surface area contributed by atoms with Crippen LogP contribution < -0.4 is 15.5 Å². The van der Waals surface area contributed by atoms with Crippen LogP contribution in [0.1, 0.15) is 36.5 Å². The molecule has 0 saturated carbocycles. The monoisotopic (exact) mass is 434 g/mol. The highest BCUT2D eigenvalue weighted by molar-refractivity contribution is 7.66. The van der Waals surface area contributed by atoms with Crippen molar-refractivity contribution in [2.75, 3.05) is 0 Å². The Morgan fingerprint density at radius 1 is 0.903 bits per heavy atom. The average Bonchev–Trinajstić information content (AvgIpc) is 3.15. The SMILES string of the molecule is CC(=O)Oc1ccccc1[C@H]1NN(C(C)=O)[C@H](c2ccccc2O)[P@@]1c1ccccc1. The molecule has 2 N–H and O–H groups in total. The van der Waals surface area contributed by atoms with Crippen LogP contribution >= 0.6 is 7.92 Å². The third-order valence-corrected chi connectivity index (χ3v) is 8.00. The molecule has 0 bridgehead atoms. The molecule has 0 unspecified atom stereocenters. The highest BCUT2D eigenvalue weighted by atomic mass is 31.1. The molecule has 3 atom stereocenters. The summed E-state index contributed by atoms with van der Waals surface area (Å²) < 4.78 is 5.48. The van der Waals surface area contributed by atoms with E-state index >= 15 is 0 Å². The van der Waals surface area contributed by atoms with Crippen molar-refractivity contribution in [2.45, 2.75) is 25.4 Å². The van der Waals surface area contributed by atoms with E-state index in [1.807, 2.05) is 60.7 Å². The Hall–Kier alpha value is -3.21. The second-order valence-electron chi connectivity index (χ2n) is 7.23. The molecule has 1 heterocycles. The number of rotatable bonds is 4. The number of nitrogens with one attached hydrogen (secondary N) is 1. The van der Waals surface area contributed by atoms with Crippen LogP contribution in [0.5, 0.6) is 11.5 Å². The summed E-state index contributed by atoms with van der Waals surface area (Å²) in [5, 5.41) is 13.3. The molecule has 3 aromatic rings. The van der Waals surface area contributed by atoms with Crippen LogP contribution in [-0.2, 0) is 9.59 Å². The Labute approximate surface area is 182 Å². The molecule has 4 rings (SSSR count). The molecule has 0 aromatic heterocycles. The molecule has 6 nitrogen and oxygen atoms in total. The summed E-state index contributed by atoms with van der Waals surface area (Å²) in [7, 11) is -1.11. The Morgan fingerprint density at radius 3 is 2.16 bits per heavy atom. The van der Waals surface area contributed by atoms with Crippen molar-refractivity contribution in [1.29, 1.82) is 0 Å². The Balaban J connectivity index is 1.91. The molecule has 1 fully saturated rings. The molecule has 158 valence electrons. The molecule has 1 aliphatic rings. The van der Waals surface area contributed by atoms with Gasteiger partial charge >= 0.3 is 5.97 Å². The number of hydrazine groups is 1. The number of benzene rings is 3. The van der Waals surface area contributed by atoms with Crippen LogP contribution in [0.4, 0.5) is 0 Å². The van der Waals surface area contributed by atoms with Gasteiger partial charge < -0.3 is 9.84 Å². The van der Waals surface area contributed by atoms with Gasteiger partial charge in [0.15, 0.2) is 0 Å². The highest BCUT2D eigenvalue weighted by Crippen LogP contribution is 2.66. The van der Waals surface area contributed by atoms with Gasteiger partial charge in [-0.2, -0.15) is 0 Å². The number of phenols is 1. The fourth-order valence-corrected chi connectivity index (χ4v) is 6.99. The number of nitrogens with zero attached hydrogens (tertiary/aromatic N) is 1. The summed E-state index contributed by atoms with van der Waals surface area (Å²) >= 11 is 0. The van der Waals surface area contributed by atoms with Crippen LogP contribution in [0.3, 0.4) is 0 Å². The molecule has 3 aromatic carbocycles. The summed E-state index contributed by atoms with van der Waals surface area (Å²) in [5.41, 5.74) is 4.82. The van der Waals surface area contributed by atoms with E-state index < -0.39 is 19.7 Å². The molecular weight excluding hydrogens is 411 g/mol. The number of hydrogen-bond acceptors (Lipinski definition) is 5. The van der Waals surface area contributed by atoms with E-state index in [1.165, 1.54) is 13.8 Å². The normalized spacial score (nSPS) is 20.5. The number of amides is 1. The zero-order valence-corrected chi connectivity index (χ0v) is 18.1. The largest absolute Gasteiger partial charge is 0.508 e. The lowest BCUT2D eigenvalue weighted by molar-refractivity contribution is -0.133. The van der Waals surface area contributed by atoms with Crippen molar-refractivity contribution in [2.24, 2.45) is 0 Å². The van der Waals surface area contributed by atoms with E-state index in [4.69, 9.17) is 4.74 Å². The first-order chi connectivity index (χ1) is 15.0. The zero-order chi connectivity index (χ0) is 22.0. The minimum absolute atomic E-state index is 0.137. The van der Waals surface area contributed by atoms with Crippen LogP contribution in [0, 0.1) is 0 Å². The van der Waals surface area contributed by atoms with Gasteiger partial charge in [0, 0.05) is 25.0 Å². The predicted octanol–water partition coefficient (Wildman–Crippen LogP) is 4.19. The molecule has 0 radical (unpaired) electrons. The topological polar surface area (TPSA) is 78.9 Å². The maximum Gasteiger partial charge on any atom is 0.308 e. The number of carbonyl (C=O) groups is 2. The van der Waals surface area contributed by atoms with E-state index in [0.717, 1.165) is 10.9 Å². The molecule has 7 heteroatoms. The van der Waals surface area contributed by atoms with Crippen molar-refractivity contribution in [3.8, 4) is 11.5 Å². The zero-order valence-electron chi connectivity index (χ0n) is 17.2. The summed E-state index contributed by atoms with van der Waals surface area (Å²) in [4.78, 5) is 24.4. The van der Waals surface area contributed by atoms with E-state index in [1.54, 1.807) is 23.2 Å². The first-order valence-electron chi connectivity index (χ1n) is 9.92. The van der Waals surface area contributed by atoms with Crippen molar-refractivity contribution >= 4 is 25.1 Å². The third-order valence-electron chi connectivity index (χ3n) is 5.12. The summed E-state index contributed by atoms with van der Waals surface area (Å²) in [5.74, 6) is -0.678. The first kappa shape index (κ1) is 21.0. The van der Waals surface area contributed by atoms with Crippen LogP contribution in [0.25, 0.3) is 0 Å². The van der Waals surface area contributed by atoms with E-state index in [9.17, 15) is 14.7 Å². The van der Waals surface area contributed by atoms with Gasteiger partial charge in [-0.3, -0.25) is 14.6 Å². The minimum atomic E-state index is -1.11. The lowest BCUT2D eigenvalue weighted by atomic mass is 10.2. The Bertz CT molecular complexity index is 1110. The van der Waals surface area contributed by atoms with Crippen molar-refractivity contribution in [1.82, 2.24) is 10.4 Å². The Kier molecular flexibility index (Phi) is 6.03. The smallest absolute Gasteiger partial charge is 0.308 e. The van der Waals surface area contributed by atoms with Crippen LogP contribution in [0.15, 0.2) is 78.9 Å². The van der Waals surface area contributed by atoms with Crippen LogP contribution in [-0.4, -0.2) is 22.0 Å². The maximum atomic E-state index is 12.7. The molecule has 0 aliphatic carbocycles. The lowest BCUT2D eigenvalue weighted by Crippen LogP contribution is -2.37. The minimum Gasteiger partial charge on any atom is -0.508 e. The summed E-state index contributed by atoms with van der Waals surface area (Å²) in [6.45, 7) is 2.87. The number of phenolic OH excluding ortho intramolecular Hbond substituents is 1. The fraction of sp³-hybridized carbons (Fsp3) is 0.167. The first-order valence-corrected chi connectivity index (χ1v) is 11.4. The Morgan fingerprint density at radius 2 is 1.52 bits per heavy atom. The highest BCUT2D eigenvalue weighted by Gasteiger charge is 2.46. The molecule has 1 amide bonds. The summed E-state index contributed by atoms with van der Waals surface area (Å²) in [6.07, 6.45) is 0. The van der Waals surface area contributed by atoms with E-state index in [2.05, 4.69) is 5.43 Å².